The molecule has 4 heterocycles. The van der Waals surface area contributed by atoms with E-state index in [4.69, 9.17) is 9.97 Å². The highest BCUT2D eigenvalue weighted by Gasteiger charge is 2.43. The maximum Gasteiger partial charge on any atom is 0.138 e. The minimum Gasteiger partial charge on any atom is -0.294 e. The number of benzene rings is 6. The van der Waals surface area contributed by atoms with Crippen molar-refractivity contribution in [2.75, 3.05) is 0 Å². The topological polar surface area (TPSA) is 35.6 Å². The zero-order valence-corrected chi connectivity index (χ0v) is 34.6. The van der Waals surface area contributed by atoms with E-state index in [-0.39, 0.29) is 10.8 Å². The zero-order valence-electron chi connectivity index (χ0n) is 34.6. The Morgan fingerprint density at radius 2 is 0.610 bits per heavy atom. The first-order chi connectivity index (χ1) is 28.5. The Morgan fingerprint density at radius 1 is 0.322 bits per heavy atom. The maximum absolute atomic E-state index is 5.89. The van der Waals surface area contributed by atoms with Crippen LogP contribution < -0.4 is 0 Å². The number of rotatable bonds is 6. The Bertz CT molecular complexity index is 2850. The van der Waals surface area contributed by atoms with Gasteiger partial charge in [-0.15, -0.1) is 0 Å². The van der Waals surface area contributed by atoms with Gasteiger partial charge in [-0.1, -0.05) is 175 Å². The van der Waals surface area contributed by atoms with Crippen LogP contribution in [0.5, 0.6) is 0 Å². The average molecular weight is 765 g/mol. The molecule has 0 radical (unpaired) electrons. The summed E-state index contributed by atoms with van der Waals surface area (Å²) in [5.41, 5.74) is 9.65. The second-order valence-electron chi connectivity index (χ2n) is 17.9. The zero-order chi connectivity index (χ0) is 40.5. The van der Waals surface area contributed by atoms with E-state index in [1.54, 1.807) is 0 Å². The van der Waals surface area contributed by atoms with Gasteiger partial charge in [-0.05, 0) is 81.6 Å². The second kappa shape index (κ2) is 13.7. The van der Waals surface area contributed by atoms with Crippen LogP contribution in [0.15, 0.2) is 182 Å². The van der Waals surface area contributed by atoms with Gasteiger partial charge in [0.25, 0.3) is 0 Å². The predicted molar refractivity (Wildman–Crippen MR) is 246 cm³/mol. The molecule has 0 amide bonds. The molecule has 0 fully saturated rings. The minimum absolute atomic E-state index is 0.195. The largest absolute Gasteiger partial charge is 0.294 e. The molecule has 0 saturated carbocycles. The fraction of sp³-hybridized carbons (Fsp3) is 0.164. The van der Waals surface area contributed by atoms with Crippen LogP contribution in [0.1, 0.15) is 75.2 Å². The van der Waals surface area contributed by atoms with Crippen molar-refractivity contribution in [2.45, 2.75) is 57.8 Å². The average Bonchev–Trinajstić information content (AvgIpc) is 3.77. The molecule has 4 heteroatoms. The molecular formula is C55H48N4. The number of fused-ring (bicyclic) bond motifs is 6. The molecular weight excluding hydrogens is 717 g/mol. The summed E-state index contributed by atoms with van der Waals surface area (Å²) in [5, 5.41) is 4.83. The molecule has 0 bridgehead atoms. The van der Waals surface area contributed by atoms with E-state index in [0.717, 1.165) is 56.2 Å². The minimum atomic E-state index is -0.925. The van der Waals surface area contributed by atoms with E-state index >= 15 is 0 Å². The lowest BCUT2D eigenvalue weighted by Crippen LogP contribution is -2.35. The van der Waals surface area contributed by atoms with Gasteiger partial charge >= 0.3 is 0 Å². The van der Waals surface area contributed by atoms with Crippen molar-refractivity contribution in [3.63, 3.8) is 0 Å². The quantitative estimate of drug-likeness (QED) is 0.169. The van der Waals surface area contributed by atoms with Crippen molar-refractivity contribution in [1.29, 1.82) is 0 Å². The lowest BCUT2D eigenvalue weighted by atomic mass is 9.67. The number of aromatic nitrogens is 4. The molecule has 10 rings (SSSR count). The van der Waals surface area contributed by atoms with Crippen molar-refractivity contribution in [3.05, 3.63) is 216 Å². The number of pyridine rings is 2. The van der Waals surface area contributed by atoms with Crippen LogP contribution in [-0.2, 0) is 16.2 Å². The summed E-state index contributed by atoms with van der Waals surface area (Å²) >= 11 is 0. The summed E-state index contributed by atoms with van der Waals surface area (Å²) in [6, 6.07) is 65.9. The Balaban J connectivity index is 1.38. The molecule has 6 aromatic carbocycles. The number of nitrogens with zero attached hydrogens (tertiary/aromatic N) is 4. The standard InChI is InChI=1S/C55H48N4/c1-53(2,3)39-33-49(56-51(35-39)58-45-29-17-13-25-41(45)42-26-14-18-30-46(42)58)55(37-21-9-7-10-22-37,38-23-11-8-12-24-38)50-34-40(54(4,5)6)36-52(57-50)59-47-31-19-15-27-43(47)44-28-16-20-32-48(44)59/h7-36H,1-6H3. The van der Waals surface area contributed by atoms with Crippen molar-refractivity contribution >= 4 is 43.6 Å². The third kappa shape index (κ3) is 5.88. The summed E-state index contributed by atoms with van der Waals surface area (Å²) in [6.07, 6.45) is 0. The Kier molecular flexibility index (Phi) is 8.47. The first kappa shape index (κ1) is 36.6. The smallest absolute Gasteiger partial charge is 0.138 e. The lowest BCUT2D eigenvalue weighted by molar-refractivity contribution is 0.576. The van der Waals surface area contributed by atoms with Crippen LogP contribution in [0.25, 0.3) is 55.2 Å². The monoisotopic (exact) mass is 764 g/mol. The van der Waals surface area contributed by atoms with Gasteiger partial charge in [-0.3, -0.25) is 9.13 Å². The molecule has 0 aliphatic rings. The summed E-state index contributed by atoms with van der Waals surface area (Å²) < 4.78 is 4.71. The molecule has 0 aliphatic carbocycles. The molecule has 4 nitrogen and oxygen atoms in total. The normalized spacial score (nSPS) is 12.6. The molecule has 0 saturated heterocycles. The molecule has 4 aromatic heterocycles. The summed E-state index contributed by atoms with van der Waals surface area (Å²) in [4.78, 5) is 11.8. The summed E-state index contributed by atoms with van der Waals surface area (Å²) in [5.74, 6) is 1.77. The van der Waals surface area contributed by atoms with Crippen LogP contribution in [0, 0.1) is 0 Å². The molecule has 0 atom stereocenters. The Hall–Kier alpha value is -6.78. The van der Waals surface area contributed by atoms with E-state index < -0.39 is 5.41 Å². The van der Waals surface area contributed by atoms with Gasteiger partial charge in [0.1, 0.15) is 17.1 Å². The summed E-state index contributed by atoms with van der Waals surface area (Å²) in [6.45, 7) is 13.8. The molecule has 0 spiro atoms. The fourth-order valence-corrected chi connectivity index (χ4v) is 9.12. The van der Waals surface area contributed by atoms with Gasteiger partial charge in [0.2, 0.25) is 0 Å². The van der Waals surface area contributed by atoms with Crippen molar-refractivity contribution in [1.82, 2.24) is 19.1 Å². The molecule has 288 valence electrons. The third-order valence-corrected chi connectivity index (χ3v) is 12.2. The summed E-state index contributed by atoms with van der Waals surface area (Å²) in [7, 11) is 0. The number of hydrogen-bond donors (Lipinski definition) is 0. The molecule has 10 aromatic rings. The Labute approximate surface area is 346 Å². The van der Waals surface area contributed by atoms with Crippen molar-refractivity contribution in [3.8, 4) is 11.6 Å². The molecule has 0 aliphatic heterocycles. The van der Waals surface area contributed by atoms with E-state index in [2.05, 4.69) is 233 Å². The van der Waals surface area contributed by atoms with E-state index in [0.29, 0.717) is 0 Å². The third-order valence-electron chi connectivity index (χ3n) is 12.2. The highest BCUT2D eigenvalue weighted by molar-refractivity contribution is 6.10. The van der Waals surface area contributed by atoms with Crippen molar-refractivity contribution in [2.24, 2.45) is 0 Å². The lowest BCUT2D eigenvalue weighted by Gasteiger charge is -2.37. The number of para-hydroxylation sites is 4. The molecule has 0 unspecified atom stereocenters. The SMILES string of the molecule is CC(C)(C)c1cc(-n2c3ccccc3c3ccccc32)nc(C(c2ccccc2)(c2ccccc2)c2cc(C(C)(C)C)cc(-n3c4ccccc4c4ccccc43)n2)c1. The molecule has 0 N–H and O–H groups in total. The van der Waals surface area contributed by atoms with Gasteiger partial charge in [0, 0.05) is 21.5 Å². The molecule has 59 heavy (non-hydrogen) atoms. The van der Waals surface area contributed by atoms with Crippen LogP contribution in [-0.4, -0.2) is 19.1 Å². The van der Waals surface area contributed by atoms with Gasteiger partial charge in [-0.25, -0.2) is 9.97 Å². The van der Waals surface area contributed by atoms with Gasteiger partial charge in [-0.2, -0.15) is 0 Å². The van der Waals surface area contributed by atoms with Gasteiger partial charge in [0.15, 0.2) is 0 Å². The number of hydrogen-bond acceptors (Lipinski definition) is 2. The van der Waals surface area contributed by atoms with Crippen LogP contribution in [0.2, 0.25) is 0 Å². The van der Waals surface area contributed by atoms with Crippen LogP contribution in [0.3, 0.4) is 0 Å². The first-order valence-electron chi connectivity index (χ1n) is 20.7. The second-order valence-corrected chi connectivity index (χ2v) is 17.9. The Morgan fingerprint density at radius 3 is 0.915 bits per heavy atom. The van der Waals surface area contributed by atoms with Crippen LogP contribution >= 0.6 is 0 Å². The first-order valence-corrected chi connectivity index (χ1v) is 20.7. The van der Waals surface area contributed by atoms with Crippen LogP contribution in [0.4, 0.5) is 0 Å². The van der Waals surface area contributed by atoms with E-state index in [1.165, 1.54) is 32.7 Å². The fourth-order valence-electron chi connectivity index (χ4n) is 9.12. The van der Waals surface area contributed by atoms with E-state index in [1.807, 2.05) is 0 Å². The maximum atomic E-state index is 5.89. The highest BCUT2D eigenvalue weighted by atomic mass is 15.1. The van der Waals surface area contributed by atoms with Gasteiger partial charge in [0.05, 0.1) is 33.5 Å². The predicted octanol–water partition coefficient (Wildman–Crippen LogP) is 13.6. The van der Waals surface area contributed by atoms with Crippen molar-refractivity contribution < 1.29 is 0 Å². The van der Waals surface area contributed by atoms with E-state index in [9.17, 15) is 0 Å². The van der Waals surface area contributed by atoms with Gasteiger partial charge < -0.3 is 0 Å². The highest BCUT2D eigenvalue weighted by Crippen LogP contribution is 2.47.